The van der Waals surface area contributed by atoms with Crippen molar-refractivity contribution >= 4 is 5.69 Å². The van der Waals surface area contributed by atoms with Crippen LogP contribution in [0.3, 0.4) is 0 Å². The minimum absolute atomic E-state index is 0.223. The molecule has 0 bridgehead atoms. The maximum absolute atomic E-state index is 12.5. The van der Waals surface area contributed by atoms with E-state index in [2.05, 4.69) is 42.0 Å². The van der Waals surface area contributed by atoms with Gasteiger partial charge in [0.2, 0.25) is 0 Å². The zero-order valence-corrected chi connectivity index (χ0v) is 15.0. The third-order valence-electron chi connectivity index (χ3n) is 5.61. The summed E-state index contributed by atoms with van der Waals surface area (Å²) >= 11 is 0. The smallest absolute Gasteiger partial charge is 0.268 e. The minimum Gasteiger partial charge on any atom is -0.370 e. The number of aromatic nitrogens is 1. The SMILES string of the molecule is CCCC1CNCc2c1[nH]c(=O)c(C#N)c2N1CCC(C)(C)CC1. The number of nitrogens with one attached hydrogen (secondary N) is 2. The summed E-state index contributed by atoms with van der Waals surface area (Å²) < 4.78 is 0. The van der Waals surface area contributed by atoms with Crippen LogP contribution < -0.4 is 15.8 Å². The Hall–Kier alpha value is -1.80. The van der Waals surface area contributed by atoms with E-state index in [1.54, 1.807) is 0 Å². The molecule has 3 rings (SSSR count). The molecule has 1 atom stereocenters. The fraction of sp³-hybridized carbons (Fsp3) is 0.684. The topological polar surface area (TPSA) is 71.9 Å². The fourth-order valence-electron chi connectivity index (χ4n) is 4.03. The van der Waals surface area contributed by atoms with Gasteiger partial charge in [0.05, 0.1) is 5.69 Å². The maximum Gasteiger partial charge on any atom is 0.268 e. The van der Waals surface area contributed by atoms with Crippen LogP contribution in [0.2, 0.25) is 0 Å². The minimum atomic E-state index is -0.223. The van der Waals surface area contributed by atoms with Gasteiger partial charge in [-0.25, -0.2) is 0 Å². The number of anilines is 1. The maximum atomic E-state index is 12.5. The van der Waals surface area contributed by atoms with E-state index in [0.29, 0.717) is 11.3 Å². The summed E-state index contributed by atoms with van der Waals surface area (Å²) in [6.07, 6.45) is 4.31. The summed E-state index contributed by atoms with van der Waals surface area (Å²) in [5.74, 6) is 0.333. The normalized spacial score (nSPS) is 22.8. The third kappa shape index (κ3) is 3.08. The van der Waals surface area contributed by atoms with E-state index in [9.17, 15) is 10.1 Å². The lowest BCUT2D eigenvalue weighted by molar-refractivity contribution is 0.279. The Kier molecular flexibility index (Phi) is 4.69. The van der Waals surface area contributed by atoms with Crippen LogP contribution in [-0.4, -0.2) is 24.6 Å². The quantitative estimate of drug-likeness (QED) is 0.895. The molecule has 24 heavy (non-hydrogen) atoms. The lowest BCUT2D eigenvalue weighted by atomic mass is 9.82. The van der Waals surface area contributed by atoms with Crippen molar-refractivity contribution in [2.75, 3.05) is 24.5 Å². The molecule has 0 radical (unpaired) electrons. The van der Waals surface area contributed by atoms with Gasteiger partial charge in [-0.1, -0.05) is 27.2 Å². The molecule has 0 spiro atoms. The van der Waals surface area contributed by atoms with Gasteiger partial charge in [0.25, 0.3) is 5.56 Å². The van der Waals surface area contributed by atoms with Crippen molar-refractivity contribution in [3.05, 3.63) is 27.2 Å². The second-order valence-electron chi connectivity index (χ2n) is 7.95. The number of nitrogens with zero attached hydrogens (tertiary/aromatic N) is 2. The molecule has 3 heterocycles. The first-order valence-corrected chi connectivity index (χ1v) is 9.11. The van der Waals surface area contributed by atoms with Crippen molar-refractivity contribution in [3.8, 4) is 6.07 Å². The van der Waals surface area contributed by atoms with Crippen molar-refractivity contribution in [1.82, 2.24) is 10.3 Å². The highest BCUT2D eigenvalue weighted by atomic mass is 16.1. The number of fused-ring (bicyclic) bond motifs is 1. The molecule has 1 saturated heterocycles. The zero-order chi connectivity index (χ0) is 17.3. The molecule has 0 amide bonds. The van der Waals surface area contributed by atoms with Crippen molar-refractivity contribution in [1.29, 1.82) is 5.26 Å². The Morgan fingerprint density at radius 2 is 2.04 bits per heavy atom. The second kappa shape index (κ2) is 6.60. The Morgan fingerprint density at radius 3 is 2.67 bits per heavy atom. The summed E-state index contributed by atoms with van der Waals surface area (Å²) in [6.45, 7) is 10.2. The summed E-state index contributed by atoms with van der Waals surface area (Å²) in [7, 11) is 0. The molecule has 2 aliphatic rings. The standard InChI is InChI=1S/C19H28N4O/c1-4-5-13-11-21-12-15-16(13)22-18(24)14(10-20)17(15)23-8-6-19(2,3)7-9-23/h13,21H,4-9,11-12H2,1-3H3,(H,22,24). The van der Waals surface area contributed by atoms with E-state index in [1.807, 2.05) is 0 Å². The number of H-pyrrole nitrogens is 1. The van der Waals surface area contributed by atoms with Crippen LogP contribution in [-0.2, 0) is 6.54 Å². The average molecular weight is 328 g/mol. The van der Waals surface area contributed by atoms with E-state index in [1.165, 1.54) is 0 Å². The van der Waals surface area contributed by atoms with Gasteiger partial charge in [-0.15, -0.1) is 0 Å². The second-order valence-corrected chi connectivity index (χ2v) is 7.95. The average Bonchev–Trinajstić information content (AvgIpc) is 2.55. The summed E-state index contributed by atoms with van der Waals surface area (Å²) in [5, 5.41) is 13.1. The van der Waals surface area contributed by atoms with Gasteiger partial charge in [0.1, 0.15) is 11.6 Å². The number of hydrogen-bond acceptors (Lipinski definition) is 4. The molecule has 1 unspecified atom stereocenters. The van der Waals surface area contributed by atoms with Crippen LogP contribution in [0.15, 0.2) is 4.79 Å². The number of aromatic amines is 1. The first-order valence-electron chi connectivity index (χ1n) is 9.11. The highest BCUT2D eigenvalue weighted by Gasteiger charge is 2.32. The molecule has 1 aromatic heterocycles. The summed E-state index contributed by atoms with van der Waals surface area (Å²) in [4.78, 5) is 17.8. The molecule has 5 nitrogen and oxygen atoms in total. The first-order chi connectivity index (χ1) is 11.5. The molecule has 0 aliphatic carbocycles. The fourth-order valence-corrected chi connectivity index (χ4v) is 4.03. The van der Waals surface area contributed by atoms with Crippen molar-refractivity contribution in [3.63, 3.8) is 0 Å². The molecule has 2 aliphatic heterocycles. The Balaban J connectivity index is 2.07. The van der Waals surface area contributed by atoms with Gasteiger partial charge >= 0.3 is 0 Å². The van der Waals surface area contributed by atoms with Crippen LogP contribution in [0.5, 0.6) is 0 Å². The van der Waals surface area contributed by atoms with Gasteiger partial charge in [0.15, 0.2) is 0 Å². The summed E-state index contributed by atoms with van der Waals surface area (Å²) in [5.41, 5.74) is 3.48. The largest absolute Gasteiger partial charge is 0.370 e. The molecule has 5 heteroatoms. The van der Waals surface area contributed by atoms with Gasteiger partial charge < -0.3 is 15.2 Å². The van der Waals surface area contributed by atoms with E-state index in [4.69, 9.17) is 0 Å². The zero-order valence-electron chi connectivity index (χ0n) is 15.0. The molecular weight excluding hydrogens is 300 g/mol. The predicted molar refractivity (Wildman–Crippen MR) is 96.4 cm³/mol. The van der Waals surface area contributed by atoms with Gasteiger partial charge in [0, 0.05) is 43.4 Å². The van der Waals surface area contributed by atoms with Crippen molar-refractivity contribution in [2.24, 2.45) is 5.41 Å². The van der Waals surface area contributed by atoms with E-state index in [-0.39, 0.29) is 11.1 Å². The van der Waals surface area contributed by atoms with Crippen LogP contribution in [0.25, 0.3) is 0 Å². The monoisotopic (exact) mass is 328 g/mol. The van der Waals surface area contributed by atoms with Gasteiger partial charge in [-0.2, -0.15) is 5.26 Å². The number of piperidine rings is 1. The number of hydrogen-bond donors (Lipinski definition) is 2. The highest BCUT2D eigenvalue weighted by molar-refractivity contribution is 5.66. The van der Waals surface area contributed by atoms with Crippen molar-refractivity contribution < 1.29 is 0 Å². The van der Waals surface area contributed by atoms with Crippen molar-refractivity contribution in [2.45, 2.75) is 58.9 Å². The molecule has 0 aromatic carbocycles. The Morgan fingerprint density at radius 1 is 1.33 bits per heavy atom. The van der Waals surface area contributed by atoms with Crippen LogP contribution in [0.1, 0.15) is 69.2 Å². The highest BCUT2D eigenvalue weighted by Crippen LogP contribution is 2.37. The summed E-state index contributed by atoms with van der Waals surface area (Å²) in [6, 6.07) is 2.17. The Bertz CT molecular complexity index is 703. The van der Waals surface area contributed by atoms with Gasteiger partial charge in [-0.05, 0) is 24.7 Å². The Labute approximate surface area is 144 Å². The van der Waals surface area contributed by atoms with Crippen LogP contribution in [0.4, 0.5) is 5.69 Å². The van der Waals surface area contributed by atoms with Crippen LogP contribution >= 0.6 is 0 Å². The molecule has 2 N–H and O–H groups in total. The van der Waals surface area contributed by atoms with E-state index < -0.39 is 0 Å². The number of nitriles is 1. The first kappa shape index (κ1) is 17.0. The van der Waals surface area contributed by atoms with Gasteiger partial charge in [-0.3, -0.25) is 4.79 Å². The molecule has 130 valence electrons. The number of rotatable bonds is 3. The molecular formula is C19H28N4O. The van der Waals surface area contributed by atoms with E-state index >= 15 is 0 Å². The lowest BCUT2D eigenvalue weighted by Gasteiger charge is -2.40. The van der Waals surface area contributed by atoms with E-state index in [0.717, 1.165) is 68.8 Å². The lowest BCUT2D eigenvalue weighted by Crippen LogP contribution is -2.41. The third-order valence-corrected chi connectivity index (χ3v) is 5.61. The predicted octanol–water partition coefficient (Wildman–Crippen LogP) is 2.86. The van der Waals surface area contributed by atoms with Crippen LogP contribution in [0, 0.1) is 16.7 Å². The molecule has 1 fully saturated rings. The molecule has 1 aromatic rings. The molecule has 0 saturated carbocycles. The number of pyridine rings is 1.